The molecule has 1 fully saturated rings. The molecular formula is C17H17NO3. The molecule has 4 nitrogen and oxygen atoms in total. The maximum absolute atomic E-state index is 11.2. The third kappa shape index (κ3) is 3.06. The highest BCUT2D eigenvalue weighted by Gasteiger charge is 2.36. The van der Waals surface area contributed by atoms with Crippen molar-refractivity contribution < 1.29 is 14.4 Å². The second kappa shape index (κ2) is 5.97. The first-order chi connectivity index (χ1) is 10.2. The van der Waals surface area contributed by atoms with Crippen molar-refractivity contribution in [2.24, 2.45) is 0 Å². The summed E-state index contributed by atoms with van der Waals surface area (Å²) in [5.74, 6) is -0.332. The lowest BCUT2D eigenvalue weighted by Crippen LogP contribution is -2.23. The minimum absolute atomic E-state index is 0.0259. The number of rotatable bonds is 3. The van der Waals surface area contributed by atoms with Gasteiger partial charge >= 0.3 is 5.97 Å². The Bertz CT molecular complexity index is 552. The average Bonchev–Trinajstić information content (AvgIpc) is 2.92. The summed E-state index contributed by atoms with van der Waals surface area (Å²) in [6.45, 7) is 1.39. The summed E-state index contributed by atoms with van der Waals surface area (Å²) < 4.78 is 5.21. The number of para-hydroxylation sites is 1. The second-order valence-electron chi connectivity index (χ2n) is 4.97. The van der Waals surface area contributed by atoms with E-state index in [1.807, 2.05) is 53.6 Å². The fraction of sp³-hybridized carbons (Fsp3) is 0.235. The van der Waals surface area contributed by atoms with E-state index >= 15 is 0 Å². The van der Waals surface area contributed by atoms with Gasteiger partial charge in [-0.25, -0.2) is 9.90 Å². The molecule has 0 aliphatic carbocycles. The molecule has 2 aromatic rings. The van der Waals surface area contributed by atoms with Crippen LogP contribution in [-0.4, -0.2) is 12.3 Å². The molecule has 0 aromatic heterocycles. The van der Waals surface area contributed by atoms with E-state index < -0.39 is 6.29 Å². The molecule has 2 aromatic carbocycles. The van der Waals surface area contributed by atoms with Crippen LogP contribution >= 0.6 is 0 Å². The van der Waals surface area contributed by atoms with Crippen molar-refractivity contribution in [1.82, 2.24) is 0 Å². The highest BCUT2D eigenvalue weighted by Crippen LogP contribution is 2.38. The lowest BCUT2D eigenvalue weighted by Gasteiger charge is -2.24. The molecule has 0 N–H and O–H groups in total. The fourth-order valence-electron chi connectivity index (χ4n) is 2.54. The number of carbonyl (C=O) groups excluding carboxylic acids is 1. The molecule has 2 atom stereocenters. The molecule has 1 aliphatic heterocycles. The molecule has 0 unspecified atom stereocenters. The average molecular weight is 283 g/mol. The monoisotopic (exact) mass is 283 g/mol. The van der Waals surface area contributed by atoms with Gasteiger partial charge in [-0.3, -0.25) is 4.79 Å². The molecule has 0 saturated carbocycles. The Morgan fingerprint density at radius 1 is 1.10 bits per heavy atom. The minimum atomic E-state index is -0.548. The largest absolute Gasteiger partial charge is 0.434 e. The van der Waals surface area contributed by atoms with Crippen LogP contribution in [0.1, 0.15) is 24.9 Å². The maximum Gasteiger partial charge on any atom is 0.305 e. The van der Waals surface area contributed by atoms with Crippen LogP contribution in [0.3, 0.4) is 0 Å². The third-order valence-electron chi connectivity index (χ3n) is 3.42. The first kappa shape index (κ1) is 13.6. The zero-order valence-corrected chi connectivity index (χ0v) is 11.8. The van der Waals surface area contributed by atoms with Crippen molar-refractivity contribution >= 4 is 11.7 Å². The van der Waals surface area contributed by atoms with Crippen LogP contribution in [0, 0.1) is 0 Å². The number of hydroxylamine groups is 1. The van der Waals surface area contributed by atoms with Gasteiger partial charge in [0.15, 0.2) is 0 Å². The second-order valence-corrected chi connectivity index (χ2v) is 4.97. The Morgan fingerprint density at radius 2 is 1.71 bits per heavy atom. The molecule has 4 heteroatoms. The molecular weight excluding hydrogens is 266 g/mol. The number of ether oxygens (including phenoxy) is 1. The Morgan fingerprint density at radius 3 is 2.33 bits per heavy atom. The molecule has 0 amide bonds. The van der Waals surface area contributed by atoms with Crippen molar-refractivity contribution in [3.05, 3.63) is 66.2 Å². The first-order valence-corrected chi connectivity index (χ1v) is 6.97. The Hall–Kier alpha value is -2.33. The third-order valence-corrected chi connectivity index (χ3v) is 3.42. The Labute approximate surface area is 123 Å². The summed E-state index contributed by atoms with van der Waals surface area (Å²) in [6.07, 6.45) is 0.0614. The van der Waals surface area contributed by atoms with Gasteiger partial charge in [-0.05, 0) is 17.7 Å². The highest BCUT2D eigenvalue weighted by atomic mass is 16.8. The summed E-state index contributed by atoms with van der Waals surface area (Å²) in [6, 6.07) is 19.9. The molecule has 1 aliphatic rings. The zero-order chi connectivity index (χ0) is 14.7. The molecule has 0 radical (unpaired) electrons. The van der Waals surface area contributed by atoms with Gasteiger partial charge < -0.3 is 4.74 Å². The van der Waals surface area contributed by atoms with Crippen molar-refractivity contribution in [3.63, 3.8) is 0 Å². The number of esters is 1. The fourth-order valence-corrected chi connectivity index (χ4v) is 2.54. The van der Waals surface area contributed by atoms with Gasteiger partial charge in [-0.2, -0.15) is 0 Å². The van der Waals surface area contributed by atoms with Crippen LogP contribution in [-0.2, 0) is 14.4 Å². The lowest BCUT2D eigenvalue weighted by molar-refractivity contribution is -0.168. The van der Waals surface area contributed by atoms with Crippen LogP contribution < -0.4 is 5.06 Å². The number of carbonyl (C=O) groups is 1. The van der Waals surface area contributed by atoms with E-state index in [1.165, 1.54) is 6.92 Å². The predicted molar refractivity (Wildman–Crippen MR) is 79.4 cm³/mol. The Kier molecular flexibility index (Phi) is 3.88. The molecule has 1 heterocycles. The van der Waals surface area contributed by atoms with Gasteiger partial charge in [0.1, 0.15) is 0 Å². The van der Waals surface area contributed by atoms with Gasteiger partial charge in [0.2, 0.25) is 6.29 Å². The van der Waals surface area contributed by atoms with Crippen molar-refractivity contribution in [2.45, 2.75) is 25.7 Å². The van der Waals surface area contributed by atoms with Crippen LogP contribution in [0.25, 0.3) is 0 Å². The number of hydrogen-bond acceptors (Lipinski definition) is 4. The molecule has 0 spiro atoms. The van der Waals surface area contributed by atoms with E-state index in [-0.39, 0.29) is 12.0 Å². The number of anilines is 1. The standard InChI is InChI=1S/C17H17NO3/c1-13(19)20-17-12-16(14-8-4-2-5-9-14)18(21-17)15-10-6-3-7-11-15/h2-11,16-17H,12H2,1H3/t16-,17-/m1/s1. The van der Waals surface area contributed by atoms with E-state index in [9.17, 15) is 4.79 Å². The maximum atomic E-state index is 11.2. The van der Waals surface area contributed by atoms with Crippen LogP contribution in [0.15, 0.2) is 60.7 Å². The molecule has 21 heavy (non-hydrogen) atoms. The van der Waals surface area contributed by atoms with Gasteiger partial charge in [0.25, 0.3) is 0 Å². The van der Waals surface area contributed by atoms with Gasteiger partial charge in [-0.15, -0.1) is 0 Å². The topological polar surface area (TPSA) is 38.8 Å². The zero-order valence-electron chi connectivity index (χ0n) is 11.8. The van der Waals surface area contributed by atoms with Gasteiger partial charge in [0.05, 0.1) is 11.7 Å². The van der Waals surface area contributed by atoms with E-state index in [0.29, 0.717) is 6.42 Å². The van der Waals surface area contributed by atoms with Crippen LogP contribution in [0.2, 0.25) is 0 Å². The van der Waals surface area contributed by atoms with E-state index in [1.54, 1.807) is 0 Å². The number of benzene rings is 2. The Balaban J connectivity index is 1.89. The normalized spacial score (nSPS) is 21.3. The summed E-state index contributed by atoms with van der Waals surface area (Å²) in [5.41, 5.74) is 2.08. The summed E-state index contributed by atoms with van der Waals surface area (Å²) in [5, 5.41) is 1.82. The lowest BCUT2D eigenvalue weighted by atomic mass is 10.0. The summed E-state index contributed by atoms with van der Waals surface area (Å²) in [4.78, 5) is 17.0. The smallest absolute Gasteiger partial charge is 0.305 e. The van der Waals surface area contributed by atoms with Crippen LogP contribution in [0.5, 0.6) is 0 Å². The molecule has 108 valence electrons. The molecule has 1 saturated heterocycles. The summed E-state index contributed by atoms with van der Waals surface area (Å²) >= 11 is 0. The highest BCUT2D eigenvalue weighted by molar-refractivity contribution is 5.66. The number of nitrogens with zero attached hydrogens (tertiary/aromatic N) is 1. The van der Waals surface area contributed by atoms with Gasteiger partial charge in [0, 0.05) is 13.3 Å². The van der Waals surface area contributed by atoms with Gasteiger partial charge in [-0.1, -0.05) is 48.5 Å². The number of hydrogen-bond donors (Lipinski definition) is 0. The van der Waals surface area contributed by atoms with E-state index in [2.05, 4.69) is 12.1 Å². The molecule has 3 rings (SSSR count). The quantitative estimate of drug-likeness (QED) is 0.809. The van der Waals surface area contributed by atoms with Crippen molar-refractivity contribution in [2.75, 3.05) is 5.06 Å². The predicted octanol–water partition coefficient (Wildman–Crippen LogP) is 3.46. The van der Waals surface area contributed by atoms with Crippen LogP contribution in [0.4, 0.5) is 5.69 Å². The minimum Gasteiger partial charge on any atom is -0.434 e. The van der Waals surface area contributed by atoms with Crippen molar-refractivity contribution in [1.29, 1.82) is 0 Å². The van der Waals surface area contributed by atoms with Crippen molar-refractivity contribution in [3.8, 4) is 0 Å². The SMILES string of the molecule is CC(=O)O[C@H]1C[C@H](c2ccccc2)N(c2ccccc2)O1. The van der Waals surface area contributed by atoms with E-state index in [4.69, 9.17) is 9.57 Å². The summed E-state index contributed by atoms with van der Waals surface area (Å²) in [7, 11) is 0. The van der Waals surface area contributed by atoms with E-state index in [0.717, 1.165) is 11.3 Å². The first-order valence-electron chi connectivity index (χ1n) is 6.97. The molecule has 0 bridgehead atoms.